The van der Waals surface area contributed by atoms with E-state index in [9.17, 15) is 18.0 Å². The molecular weight excluding hydrogens is 368 g/mol. The summed E-state index contributed by atoms with van der Waals surface area (Å²) in [5, 5.41) is 0. The van der Waals surface area contributed by atoms with Crippen LogP contribution in [0.4, 0.5) is 0 Å². The molecule has 2 amide bonds. The molecule has 8 heteroatoms. The number of sulfonamides is 1. The van der Waals surface area contributed by atoms with Gasteiger partial charge in [0.05, 0.1) is 7.11 Å². The number of imide groups is 1. The molecule has 2 atom stereocenters. The number of nitrogens with zero attached hydrogens (tertiary/aromatic N) is 2. The molecule has 1 aromatic carbocycles. The zero-order chi connectivity index (χ0) is 19.3. The average molecular weight is 392 g/mol. The van der Waals surface area contributed by atoms with Crippen LogP contribution in [0.5, 0.6) is 5.75 Å². The lowest BCUT2D eigenvalue weighted by molar-refractivity contribution is -0.142. The van der Waals surface area contributed by atoms with E-state index in [4.69, 9.17) is 4.74 Å². The van der Waals surface area contributed by atoms with E-state index >= 15 is 0 Å². The molecule has 4 rings (SSSR count). The number of aryl methyl sites for hydroxylation is 1. The highest BCUT2D eigenvalue weighted by molar-refractivity contribution is 7.89. The first-order chi connectivity index (χ1) is 12.8. The Bertz CT molecular complexity index is 867. The highest BCUT2D eigenvalue weighted by Crippen LogP contribution is 2.43. The summed E-state index contributed by atoms with van der Waals surface area (Å²) in [5.74, 6) is 0.0918. The molecule has 0 aliphatic carbocycles. The molecule has 3 aliphatic heterocycles. The number of benzene rings is 1. The van der Waals surface area contributed by atoms with Crippen LogP contribution in [0.25, 0.3) is 0 Å². The Labute approximate surface area is 159 Å². The maximum atomic E-state index is 13.4. The highest BCUT2D eigenvalue weighted by Gasteiger charge is 2.51. The van der Waals surface area contributed by atoms with Gasteiger partial charge in [-0.25, -0.2) is 8.42 Å². The zero-order valence-electron chi connectivity index (χ0n) is 15.6. The van der Waals surface area contributed by atoms with Gasteiger partial charge in [-0.15, -0.1) is 0 Å². The maximum Gasteiger partial charge on any atom is 0.247 e. The van der Waals surface area contributed by atoms with E-state index in [0.717, 1.165) is 18.4 Å². The Hall–Kier alpha value is -1.93. The summed E-state index contributed by atoms with van der Waals surface area (Å²) >= 11 is 0. The molecular formula is C19H24N2O5S. The number of methoxy groups -OCH3 is 1. The van der Waals surface area contributed by atoms with Gasteiger partial charge in [0.1, 0.15) is 10.6 Å². The second-order valence-electron chi connectivity index (χ2n) is 7.66. The van der Waals surface area contributed by atoms with Gasteiger partial charge in [0, 0.05) is 31.0 Å². The first kappa shape index (κ1) is 18.4. The third-order valence-electron chi connectivity index (χ3n) is 5.97. The van der Waals surface area contributed by atoms with Gasteiger partial charge in [0.25, 0.3) is 0 Å². The molecule has 0 aromatic heterocycles. The van der Waals surface area contributed by atoms with Crippen molar-refractivity contribution >= 4 is 21.8 Å². The topological polar surface area (TPSA) is 84.0 Å². The summed E-state index contributed by atoms with van der Waals surface area (Å²) < 4.78 is 33.8. The van der Waals surface area contributed by atoms with E-state index in [-0.39, 0.29) is 47.7 Å². The minimum absolute atomic E-state index is 0.124. The Morgan fingerprint density at radius 2 is 1.59 bits per heavy atom. The van der Waals surface area contributed by atoms with Crippen LogP contribution >= 0.6 is 0 Å². The van der Waals surface area contributed by atoms with Crippen LogP contribution in [0.2, 0.25) is 0 Å². The first-order valence-corrected chi connectivity index (χ1v) is 10.8. The third-order valence-corrected chi connectivity index (χ3v) is 8.00. The average Bonchev–Trinajstić information content (AvgIpc) is 3.11. The van der Waals surface area contributed by atoms with E-state index in [2.05, 4.69) is 0 Å². The van der Waals surface area contributed by atoms with Gasteiger partial charge in [0.2, 0.25) is 21.8 Å². The minimum atomic E-state index is -3.72. The molecule has 7 nitrogen and oxygen atoms in total. The van der Waals surface area contributed by atoms with E-state index < -0.39 is 10.0 Å². The molecule has 2 bridgehead atoms. The fourth-order valence-corrected chi connectivity index (χ4v) is 6.94. The van der Waals surface area contributed by atoms with Gasteiger partial charge >= 0.3 is 0 Å². The van der Waals surface area contributed by atoms with Crippen LogP contribution in [-0.2, 0) is 19.6 Å². The highest BCUT2D eigenvalue weighted by atomic mass is 32.2. The molecule has 0 radical (unpaired) electrons. The fourth-order valence-electron chi connectivity index (χ4n) is 4.81. The number of ether oxygens (including phenoxy) is 1. The van der Waals surface area contributed by atoms with Crippen LogP contribution in [0.3, 0.4) is 0 Å². The van der Waals surface area contributed by atoms with Crippen molar-refractivity contribution < 1.29 is 22.7 Å². The normalized spacial score (nSPS) is 28.8. The summed E-state index contributed by atoms with van der Waals surface area (Å²) in [6, 6.07) is 4.58. The van der Waals surface area contributed by atoms with E-state index in [1.165, 1.54) is 12.0 Å². The number of rotatable bonds is 4. The second kappa shape index (κ2) is 6.60. The zero-order valence-corrected chi connectivity index (χ0v) is 16.4. The van der Waals surface area contributed by atoms with Crippen molar-refractivity contribution in [3.8, 4) is 5.75 Å². The Kier molecular flexibility index (Phi) is 4.50. The van der Waals surface area contributed by atoms with Crippen LogP contribution in [-0.4, -0.2) is 54.7 Å². The van der Waals surface area contributed by atoms with Crippen molar-refractivity contribution in [3.63, 3.8) is 0 Å². The number of carbonyl (C=O) groups is 2. The van der Waals surface area contributed by atoms with Crippen molar-refractivity contribution in [2.75, 3.05) is 7.11 Å². The summed E-state index contributed by atoms with van der Waals surface area (Å²) in [4.78, 5) is 25.8. The standard InChI is InChI=1S/C19H24N2O5S/c1-12-3-6-16(26-2)17(9-12)27(24,25)21-13-4-5-14(21)11-15(10-13)20-18(22)7-8-19(20)23/h3,6,9,13-15H,4-5,7-8,10-11H2,1-2H3. The summed E-state index contributed by atoms with van der Waals surface area (Å²) in [5.41, 5.74) is 0.852. The first-order valence-electron chi connectivity index (χ1n) is 9.36. The molecule has 3 saturated heterocycles. The van der Waals surface area contributed by atoms with Crippen molar-refractivity contribution in [2.24, 2.45) is 0 Å². The molecule has 0 N–H and O–H groups in total. The number of carbonyl (C=O) groups excluding carboxylic acids is 2. The Morgan fingerprint density at radius 1 is 1.00 bits per heavy atom. The molecule has 3 heterocycles. The predicted octanol–water partition coefficient (Wildman–Crippen LogP) is 1.84. The number of hydrogen-bond acceptors (Lipinski definition) is 5. The molecule has 3 fully saturated rings. The van der Waals surface area contributed by atoms with Crippen LogP contribution < -0.4 is 4.74 Å². The number of amides is 2. The quantitative estimate of drug-likeness (QED) is 0.730. The van der Waals surface area contributed by atoms with E-state index in [1.807, 2.05) is 13.0 Å². The van der Waals surface area contributed by atoms with E-state index in [0.29, 0.717) is 18.6 Å². The number of piperidine rings is 1. The predicted molar refractivity (Wildman–Crippen MR) is 97.7 cm³/mol. The van der Waals surface area contributed by atoms with Crippen LogP contribution in [0.1, 0.15) is 44.1 Å². The second-order valence-corrected chi connectivity index (χ2v) is 9.47. The van der Waals surface area contributed by atoms with Crippen molar-refractivity contribution in [2.45, 2.75) is 68.5 Å². The van der Waals surface area contributed by atoms with E-state index in [1.54, 1.807) is 16.4 Å². The van der Waals surface area contributed by atoms with Gasteiger partial charge in [-0.1, -0.05) is 6.07 Å². The Morgan fingerprint density at radius 3 is 2.15 bits per heavy atom. The van der Waals surface area contributed by atoms with Gasteiger partial charge in [0.15, 0.2) is 0 Å². The van der Waals surface area contributed by atoms with Gasteiger partial charge in [-0.05, 0) is 50.3 Å². The number of likely N-dealkylation sites (tertiary alicyclic amines) is 1. The summed E-state index contributed by atoms with van der Waals surface area (Å²) in [7, 11) is -2.25. The molecule has 3 aliphatic rings. The van der Waals surface area contributed by atoms with Crippen molar-refractivity contribution in [1.29, 1.82) is 0 Å². The number of fused-ring (bicyclic) bond motifs is 2. The summed E-state index contributed by atoms with van der Waals surface area (Å²) in [6.07, 6.45) is 3.08. The number of hydrogen-bond donors (Lipinski definition) is 0. The minimum Gasteiger partial charge on any atom is -0.495 e. The lowest BCUT2D eigenvalue weighted by Gasteiger charge is -2.40. The fraction of sp³-hybridized carbons (Fsp3) is 0.579. The molecule has 146 valence electrons. The summed E-state index contributed by atoms with van der Waals surface area (Å²) in [6.45, 7) is 1.85. The van der Waals surface area contributed by atoms with Gasteiger partial charge in [-0.3, -0.25) is 14.5 Å². The van der Waals surface area contributed by atoms with Gasteiger partial charge in [-0.2, -0.15) is 4.31 Å². The molecule has 0 saturated carbocycles. The Balaban J connectivity index is 1.64. The monoisotopic (exact) mass is 392 g/mol. The van der Waals surface area contributed by atoms with Crippen LogP contribution in [0.15, 0.2) is 23.1 Å². The smallest absolute Gasteiger partial charge is 0.247 e. The van der Waals surface area contributed by atoms with Gasteiger partial charge < -0.3 is 4.74 Å². The molecule has 0 spiro atoms. The molecule has 27 heavy (non-hydrogen) atoms. The largest absolute Gasteiger partial charge is 0.495 e. The lowest BCUT2D eigenvalue weighted by Crippen LogP contribution is -2.53. The van der Waals surface area contributed by atoms with Crippen molar-refractivity contribution in [1.82, 2.24) is 9.21 Å². The maximum absolute atomic E-state index is 13.4. The SMILES string of the molecule is COc1ccc(C)cc1S(=O)(=O)N1C2CCC1CC(N1C(=O)CCC1=O)C2. The molecule has 2 unspecified atom stereocenters. The third kappa shape index (κ3) is 2.95. The lowest BCUT2D eigenvalue weighted by atomic mass is 9.98. The van der Waals surface area contributed by atoms with Crippen molar-refractivity contribution in [3.05, 3.63) is 23.8 Å². The van der Waals surface area contributed by atoms with Crippen LogP contribution in [0, 0.1) is 6.92 Å². The molecule has 1 aromatic rings.